The fourth-order valence-electron chi connectivity index (χ4n) is 4.04. The molecule has 11 nitrogen and oxygen atoms in total. The molecule has 3 N–H and O–H groups in total. The summed E-state index contributed by atoms with van der Waals surface area (Å²) in [6.45, 7) is -0.427. The average molecular weight is 545 g/mol. The van der Waals surface area contributed by atoms with E-state index in [1.165, 1.54) is 26.4 Å². The van der Waals surface area contributed by atoms with Gasteiger partial charge in [0.1, 0.15) is 18.0 Å². The van der Waals surface area contributed by atoms with Crippen molar-refractivity contribution in [3.8, 4) is 17.0 Å². The van der Waals surface area contributed by atoms with Crippen LogP contribution in [-0.2, 0) is 11.3 Å². The number of likely N-dealkylation sites (N-methyl/N-ethyl adjacent to an activating group) is 1. The van der Waals surface area contributed by atoms with Gasteiger partial charge in [0.25, 0.3) is 0 Å². The zero-order valence-electron chi connectivity index (χ0n) is 20.8. The number of anilines is 2. The van der Waals surface area contributed by atoms with Crippen molar-refractivity contribution >= 4 is 34.7 Å². The van der Waals surface area contributed by atoms with Crippen LogP contribution in [0.4, 0.5) is 20.2 Å². The number of nitrogens with one attached hydrogen (secondary N) is 2. The fourth-order valence-corrected chi connectivity index (χ4v) is 5.08. The first kappa shape index (κ1) is 25.7. The van der Waals surface area contributed by atoms with Gasteiger partial charge >= 0.3 is 6.61 Å². The number of rotatable bonds is 8. The molecule has 3 aromatic heterocycles. The lowest BCUT2D eigenvalue weighted by Gasteiger charge is -2.25. The predicted octanol–water partition coefficient (Wildman–Crippen LogP) is 3.29. The second-order valence-electron chi connectivity index (χ2n) is 8.94. The zero-order chi connectivity index (χ0) is 27.0. The van der Waals surface area contributed by atoms with Crippen LogP contribution in [0.15, 0.2) is 47.9 Å². The first-order chi connectivity index (χ1) is 18.2. The molecule has 1 aromatic carbocycles. The fraction of sp³-hybridized carbons (Fsp3) is 0.333. The molecule has 0 fully saturated rings. The molecule has 0 saturated heterocycles. The number of nitrogens with zero attached hydrogens (tertiary/aromatic N) is 6. The summed E-state index contributed by atoms with van der Waals surface area (Å²) in [4.78, 5) is 18.9. The van der Waals surface area contributed by atoms with Gasteiger partial charge < -0.3 is 25.4 Å². The van der Waals surface area contributed by atoms with Gasteiger partial charge in [-0.2, -0.15) is 19.0 Å². The number of ether oxygens (including phenoxy) is 1. The maximum atomic E-state index is 13.4. The van der Waals surface area contributed by atoms with Crippen LogP contribution in [0.1, 0.15) is 18.7 Å². The Morgan fingerprint density at radius 3 is 2.97 bits per heavy atom. The van der Waals surface area contributed by atoms with E-state index in [1.807, 2.05) is 0 Å². The van der Waals surface area contributed by atoms with Crippen LogP contribution in [0.25, 0.3) is 16.9 Å². The maximum absolute atomic E-state index is 13.4. The summed E-state index contributed by atoms with van der Waals surface area (Å²) >= 11 is 1.60. The van der Waals surface area contributed by atoms with E-state index < -0.39 is 12.8 Å². The summed E-state index contributed by atoms with van der Waals surface area (Å²) in [6.07, 6.45) is 5.03. The molecule has 1 aliphatic heterocycles. The largest absolute Gasteiger partial charge is 0.434 e. The van der Waals surface area contributed by atoms with Crippen LogP contribution < -0.4 is 15.4 Å². The Labute approximate surface area is 220 Å². The molecule has 0 radical (unpaired) electrons. The molecule has 1 amide bonds. The van der Waals surface area contributed by atoms with Gasteiger partial charge in [0, 0.05) is 61.0 Å². The van der Waals surface area contributed by atoms with Crippen molar-refractivity contribution in [1.29, 1.82) is 0 Å². The molecule has 14 heteroatoms. The molecular weight excluding hydrogens is 518 g/mol. The van der Waals surface area contributed by atoms with Crippen LogP contribution in [-0.4, -0.2) is 72.8 Å². The number of aliphatic hydroxyl groups excluding tert-OH is 1. The minimum Gasteiger partial charge on any atom is -0.434 e. The smallest absolute Gasteiger partial charge is 0.387 e. The van der Waals surface area contributed by atoms with E-state index in [2.05, 4.69) is 32.7 Å². The molecule has 4 aromatic rings. The minimum absolute atomic E-state index is 0.0826. The van der Waals surface area contributed by atoms with Crippen molar-refractivity contribution in [1.82, 2.24) is 29.3 Å². The third-order valence-corrected chi connectivity index (χ3v) is 7.07. The highest BCUT2D eigenvalue weighted by Crippen LogP contribution is 2.44. The van der Waals surface area contributed by atoms with Crippen molar-refractivity contribution in [3.05, 3.63) is 48.5 Å². The Kier molecular flexibility index (Phi) is 7.08. The third kappa shape index (κ3) is 5.22. The molecule has 200 valence electrons. The van der Waals surface area contributed by atoms with Gasteiger partial charge in [-0.1, -0.05) is 6.92 Å². The number of hydrogen-bond acceptors (Lipinski definition) is 9. The highest BCUT2D eigenvalue weighted by molar-refractivity contribution is 8.00. The van der Waals surface area contributed by atoms with Gasteiger partial charge in [-0.15, -0.1) is 11.8 Å². The van der Waals surface area contributed by atoms with Crippen LogP contribution in [0.2, 0.25) is 0 Å². The van der Waals surface area contributed by atoms with Gasteiger partial charge in [-0.05, 0) is 12.1 Å². The molecule has 2 atom stereocenters. The number of carbonyl (C=O) groups is 1. The van der Waals surface area contributed by atoms with Gasteiger partial charge in [0.2, 0.25) is 5.91 Å². The summed E-state index contributed by atoms with van der Waals surface area (Å²) in [5, 5.41) is 26.3. The van der Waals surface area contributed by atoms with E-state index in [4.69, 9.17) is 4.74 Å². The van der Waals surface area contributed by atoms with E-state index in [0.29, 0.717) is 29.1 Å². The van der Waals surface area contributed by atoms with Crippen molar-refractivity contribution in [2.24, 2.45) is 0 Å². The molecular formula is C24H26F2N8O3S. The van der Waals surface area contributed by atoms with Crippen molar-refractivity contribution in [2.45, 2.75) is 36.5 Å². The van der Waals surface area contributed by atoms with Gasteiger partial charge in [0.05, 0.1) is 23.1 Å². The number of aromatic nitrogens is 5. The molecule has 2 unspecified atom stereocenters. The van der Waals surface area contributed by atoms with E-state index in [0.717, 1.165) is 4.90 Å². The Morgan fingerprint density at radius 1 is 1.39 bits per heavy atom. The van der Waals surface area contributed by atoms with E-state index in [1.54, 1.807) is 56.6 Å². The van der Waals surface area contributed by atoms with Crippen LogP contribution in [0, 0.1) is 0 Å². The second kappa shape index (κ2) is 10.5. The summed E-state index contributed by atoms with van der Waals surface area (Å²) in [5.41, 5.74) is 2.35. The number of thioether (sulfide) groups is 1. The average Bonchev–Trinajstić information content (AvgIpc) is 3.47. The maximum Gasteiger partial charge on any atom is 0.387 e. The van der Waals surface area contributed by atoms with E-state index in [-0.39, 0.29) is 34.7 Å². The Balaban J connectivity index is 1.59. The lowest BCUT2D eigenvalue weighted by atomic mass is 10.1. The lowest BCUT2D eigenvalue weighted by Crippen LogP contribution is -2.26. The quantitative estimate of drug-likeness (QED) is 0.287. The summed E-state index contributed by atoms with van der Waals surface area (Å²) in [6, 6.07) is 4.96. The molecule has 4 heterocycles. The van der Waals surface area contributed by atoms with E-state index >= 15 is 0 Å². The number of hydrogen-bond donors (Lipinski definition) is 3. The highest BCUT2D eigenvalue weighted by atomic mass is 32.2. The van der Waals surface area contributed by atoms with Gasteiger partial charge in [-0.3, -0.25) is 9.48 Å². The molecule has 0 spiro atoms. The zero-order valence-corrected chi connectivity index (χ0v) is 21.6. The number of halogens is 2. The molecule has 38 heavy (non-hydrogen) atoms. The molecule has 5 rings (SSSR count). The van der Waals surface area contributed by atoms with Crippen molar-refractivity contribution < 1.29 is 23.4 Å². The highest BCUT2D eigenvalue weighted by Gasteiger charge is 2.26. The molecule has 1 aliphatic rings. The molecule has 0 saturated carbocycles. The minimum atomic E-state index is -3.06. The molecule has 0 bridgehead atoms. The van der Waals surface area contributed by atoms with E-state index in [9.17, 15) is 18.7 Å². The SMILES string of the molecule is CC1CNc2cc(OC(F)F)c(-c3nn(CC(=O)N(C)C)cc3NC(O)c3cnn4cccnc34)cc2S1. The predicted molar refractivity (Wildman–Crippen MR) is 138 cm³/mol. The number of aliphatic hydroxyl groups is 1. The normalized spacial score (nSPS) is 15.7. The van der Waals surface area contributed by atoms with Crippen LogP contribution in [0.5, 0.6) is 5.75 Å². The Morgan fingerprint density at radius 2 is 2.21 bits per heavy atom. The third-order valence-electron chi connectivity index (χ3n) is 5.91. The summed E-state index contributed by atoms with van der Waals surface area (Å²) in [7, 11) is 3.24. The number of alkyl halides is 2. The van der Waals surface area contributed by atoms with Gasteiger partial charge in [-0.25, -0.2) is 9.50 Å². The summed E-state index contributed by atoms with van der Waals surface area (Å²) < 4.78 is 34.6. The van der Waals surface area contributed by atoms with Crippen LogP contribution in [0.3, 0.4) is 0 Å². The second-order valence-corrected chi connectivity index (χ2v) is 10.4. The van der Waals surface area contributed by atoms with Crippen LogP contribution >= 0.6 is 11.8 Å². The van der Waals surface area contributed by atoms with Crippen molar-refractivity contribution in [2.75, 3.05) is 31.3 Å². The lowest BCUT2D eigenvalue weighted by molar-refractivity contribution is -0.129. The monoisotopic (exact) mass is 544 g/mol. The number of carbonyl (C=O) groups excluding carboxylic acids is 1. The molecule has 0 aliphatic carbocycles. The number of fused-ring (bicyclic) bond motifs is 2. The number of amides is 1. The topological polar surface area (TPSA) is 122 Å². The first-order valence-electron chi connectivity index (χ1n) is 11.7. The van der Waals surface area contributed by atoms with Gasteiger partial charge in [0.15, 0.2) is 11.9 Å². The standard InChI is InChI=1S/C24H26F2N8O3S/c1-13-9-28-16-8-18(37-24(25)26)14(7-19(16)38-13)21-17(11-33(31-21)12-20(35)32(2)3)30-23(36)15-10-29-34-6-4-5-27-22(15)34/h4-8,10-11,13,23-24,28,30,36H,9,12H2,1-3H3. The Bertz CT molecular complexity index is 1470. The summed E-state index contributed by atoms with van der Waals surface area (Å²) in [5.74, 6) is -0.304. The van der Waals surface area contributed by atoms with Crippen molar-refractivity contribution in [3.63, 3.8) is 0 Å². The Hall–Kier alpha value is -3.91. The number of benzene rings is 1. The first-order valence-corrected chi connectivity index (χ1v) is 12.6.